The minimum absolute atomic E-state index is 0.000331. The molecular weight excluding hydrogens is 290 g/mol. The molecule has 1 aliphatic rings. The minimum atomic E-state index is -0.493. The quantitative estimate of drug-likeness (QED) is 0.616. The van der Waals surface area contributed by atoms with E-state index < -0.39 is 11.0 Å². The van der Waals surface area contributed by atoms with Gasteiger partial charge in [0.25, 0.3) is 5.69 Å². The lowest BCUT2D eigenvalue weighted by Crippen LogP contribution is -2.37. The van der Waals surface area contributed by atoms with E-state index in [1.54, 1.807) is 12.1 Å². The lowest BCUT2D eigenvalue weighted by molar-refractivity contribution is -0.383. The summed E-state index contributed by atoms with van der Waals surface area (Å²) in [6.07, 6.45) is 0.680. The molecule has 2 N–H and O–H groups in total. The van der Waals surface area contributed by atoms with Crippen LogP contribution in [0, 0.1) is 10.1 Å². The number of aliphatic hydroxyl groups excluding tert-OH is 1. The van der Waals surface area contributed by atoms with Crippen molar-refractivity contribution < 1.29 is 19.6 Å². The topological polar surface area (TPSA) is 105 Å². The van der Waals surface area contributed by atoms with E-state index in [-0.39, 0.29) is 18.3 Å². The second-order valence-corrected chi connectivity index (χ2v) is 5.14. The van der Waals surface area contributed by atoms with Gasteiger partial charge in [0.1, 0.15) is 5.69 Å². The van der Waals surface area contributed by atoms with Gasteiger partial charge in [-0.25, -0.2) is 4.79 Å². The number of hydrogen-bond acceptors (Lipinski definition) is 6. The molecule has 1 aliphatic heterocycles. The number of carbonyl (C=O) groups is 1. The number of anilines is 2. The predicted molar refractivity (Wildman–Crippen MR) is 81.2 cm³/mol. The zero-order valence-corrected chi connectivity index (χ0v) is 12.3. The number of amides is 1. The van der Waals surface area contributed by atoms with Gasteiger partial charge in [-0.3, -0.25) is 15.0 Å². The van der Waals surface area contributed by atoms with Gasteiger partial charge in [-0.05, 0) is 31.9 Å². The van der Waals surface area contributed by atoms with Crippen LogP contribution >= 0.6 is 0 Å². The average molecular weight is 309 g/mol. The third-order valence-corrected chi connectivity index (χ3v) is 3.43. The van der Waals surface area contributed by atoms with Gasteiger partial charge < -0.3 is 15.2 Å². The molecule has 1 aromatic rings. The highest BCUT2D eigenvalue weighted by Gasteiger charge is 2.24. The minimum Gasteiger partial charge on any atom is -0.449 e. The largest absolute Gasteiger partial charge is 0.449 e. The van der Waals surface area contributed by atoms with Crippen molar-refractivity contribution in [3.63, 3.8) is 0 Å². The van der Waals surface area contributed by atoms with Crippen LogP contribution in [-0.2, 0) is 4.74 Å². The third-order valence-electron chi connectivity index (χ3n) is 3.43. The number of hydrogen-bond donors (Lipinski definition) is 2. The SMILES string of the molecule is CC(CCO)Nc1ccc(N2CCCOC2=O)cc1[N+](=O)[O-]. The Labute approximate surface area is 127 Å². The summed E-state index contributed by atoms with van der Waals surface area (Å²) >= 11 is 0. The van der Waals surface area contributed by atoms with Crippen molar-refractivity contribution in [1.29, 1.82) is 0 Å². The number of aliphatic hydroxyl groups is 1. The molecule has 1 heterocycles. The summed E-state index contributed by atoms with van der Waals surface area (Å²) in [5.74, 6) is 0. The molecule has 0 saturated carbocycles. The second kappa shape index (κ2) is 7.08. The maximum Gasteiger partial charge on any atom is 0.414 e. The Balaban J connectivity index is 2.26. The molecule has 1 unspecified atom stereocenters. The van der Waals surface area contributed by atoms with Crippen molar-refractivity contribution in [3.8, 4) is 0 Å². The highest BCUT2D eigenvalue weighted by molar-refractivity contribution is 5.89. The molecule has 1 aromatic carbocycles. The molecule has 0 spiro atoms. The van der Waals surface area contributed by atoms with Gasteiger partial charge in [-0.15, -0.1) is 0 Å². The van der Waals surface area contributed by atoms with Crippen molar-refractivity contribution in [1.82, 2.24) is 0 Å². The summed E-state index contributed by atoms with van der Waals surface area (Å²) in [5, 5.41) is 23.2. The molecule has 1 amide bonds. The van der Waals surface area contributed by atoms with Crippen molar-refractivity contribution in [3.05, 3.63) is 28.3 Å². The average Bonchev–Trinajstić information content (AvgIpc) is 2.48. The van der Waals surface area contributed by atoms with E-state index in [4.69, 9.17) is 9.84 Å². The Bertz CT molecular complexity index is 563. The van der Waals surface area contributed by atoms with E-state index in [2.05, 4.69) is 5.32 Å². The van der Waals surface area contributed by atoms with E-state index in [1.165, 1.54) is 11.0 Å². The highest BCUT2D eigenvalue weighted by Crippen LogP contribution is 2.31. The van der Waals surface area contributed by atoms with Crippen LogP contribution in [-0.4, -0.2) is 41.9 Å². The van der Waals surface area contributed by atoms with Crippen molar-refractivity contribution in [2.45, 2.75) is 25.8 Å². The molecule has 0 aliphatic carbocycles. The van der Waals surface area contributed by atoms with Crippen molar-refractivity contribution >= 4 is 23.2 Å². The fourth-order valence-corrected chi connectivity index (χ4v) is 2.28. The smallest absolute Gasteiger partial charge is 0.414 e. The van der Waals surface area contributed by atoms with Crippen LogP contribution in [0.4, 0.5) is 21.9 Å². The molecule has 0 aromatic heterocycles. The van der Waals surface area contributed by atoms with E-state index in [1.807, 2.05) is 6.92 Å². The first-order valence-electron chi connectivity index (χ1n) is 7.13. The van der Waals surface area contributed by atoms with Gasteiger partial charge in [0, 0.05) is 25.3 Å². The van der Waals surface area contributed by atoms with E-state index in [0.29, 0.717) is 37.4 Å². The van der Waals surface area contributed by atoms with Crippen LogP contribution in [0.5, 0.6) is 0 Å². The summed E-state index contributed by atoms with van der Waals surface area (Å²) in [7, 11) is 0. The monoisotopic (exact) mass is 309 g/mol. The number of cyclic esters (lactones) is 1. The Hall–Kier alpha value is -2.35. The Morgan fingerprint density at radius 1 is 1.55 bits per heavy atom. The maximum absolute atomic E-state index is 11.7. The van der Waals surface area contributed by atoms with Gasteiger partial charge in [-0.2, -0.15) is 0 Å². The molecule has 22 heavy (non-hydrogen) atoms. The van der Waals surface area contributed by atoms with Gasteiger partial charge in [0.05, 0.1) is 17.2 Å². The lowest BCUT2D eigenvalue weighted by atomic mass is 10.2. The van der Waals surface area contributed by atoms with Crippen molar-refractivity contribution in [2.75, 3.05) is 30.0 Å². The van der Waals surface area contributed by atoms with Gasteiger partial charge in [-0.1, -0.05) is 0 Å². The summed E-state index contributed by atoms with van der Waals surface area (Å²) in [5.41, 5.74) is 0.692. The molecule has 2 rings (SSSR count). The van der Waals surface area contributed by atoms with Crippen LogP contribution in [0.1, 0.15) is 19.8 Å². The van der Waals surface area contributed by atoms with Gasteiger partial charge in [0.15, 0.2) is 0 Å². The second-order valence-electron chi connectivity index (χ2n) is 5.14. The molecule has 1 fully saturated rings. The Kier molecular flexibility index (Phi) is 5.16. The molecule has 1 saturated heterocycles. The van der Waals surface area contributed by atoms with E-state index >= 15 is 0 Å². The summed E-state index contributed by atoms with van der Waals surface area (Å²) in [6.45, 7) is 2.68. The Morgan fingerprint density at radius 3 is 2.95 bits per heavy atom. The maximum atomic E-state index is 11.7. The van der Waals surface area contributed by atoms with Gasteiger partial charge in [0.2, 0.25) is 0 Å². The normalized spacial score (nSPS) is 16.1. The number of nitrogens with one attached hydrogen (secondary N) is 1. The molecule has 0 bridgehead atoms. The van der Waals surface area contributed by atoms with Crippen LogP contribution in [0.2, 0.25) is 0 Å². The molecular formula is C14H19N3O5. The van der Waals surface area contributed by atoms with Gasteiger partial charge >= 0.3 is 6.09 Å². The van der Waals surface area contributed by atoms with E-state index in [0.717, 1.165) is 0 Å². The first-order chi connectivity index (χ1) is 10.5. The number of nitro groups is 1. The zero-order chi connectivity index (χ0) is 16.1. The lowest BCUT2D eigenvalue weighted by Gasteiger charge is -2.26. The van der Waals surface area contributed by atoms with Crippen LogP contribution in [0.3, 0.4) is 0 Å². The molecule has 8 nitrogen and oxygen atoms in total. The first kappa shape index (κ1) is 16.0. The summed E-state index contributed by atoms with van der Waals surface area (Å²) in [6, 6.07) is 4.48. The van der Waals surface area contributed by atoms with Crippen molar-refractivity contribution in [2.24, 2.45) is 0 Å². The fraction of sp³-hybridized carbons (Fsp3) is 0.500. The number of benzene rings is 1. The fourth-order valence-electron chi connectivity index (χ4n) is 2.28. The van der Waals surface area contributed by atoms with Crippen LogP contribution in [0.15, 0.2) is 18.2 Å². The van der Waals surface area contributed by atoms with E-state index in [9.17, 15) is 14.9 Å². The summed E-state index contributed by atoms with van der Waals surface area (Å²) in [4.78, 5) is 23.9. The number of nitro benzene ring substituents is 1. The number of nitrogens with zero attached hydrogens (tertiary/aromatic N) is 2. The zero-order valence-electron chi connectivity index (χ0n) is 12.3. The highest BCUT2D eigenvalue weighted by atomic mass is 16.6. The first-order valence-corrected chi connectivity index (χ1v) is 7.13. The van der Waals surface area contributed by atoms with Crippen LogP contribution in [0.25, 0.3) is 0 Å². The number of ether oxygens (including phenoxy) is 1. The molecule has 1 atom stereocenters. The van der Waals surface area contributed by atoms with Crippen LogP contribution < -0.4 is 10.2 Å². The summed E-state index contributed by atoms with van der Waals surface area (Å²) < 4.78 is 4.95. The number of rotatable bonds is 6. The molecule has 8 heteroatoms. The predicted octanol–water partition coefficient (Wildman–Crippen LogP) is 2.12. The Morgan fingerprint density at radius 2 is 2.32 bits per heavy atom. The molecule has 0 radical (unpaired) electrons. The third kappa shape index (κ3) is 3.64. The molecule has 120 valence electrons. The standard InChI is InChI=1S/C14H19N3O5/c1-10(5-7-18)15-12-4-3-11(9-13(12)17(20)21)16-6-2-8-22-14(16)19/h3-4,9-10,15,18H,2,5-8H2,1H3. The number of carbonyl (C=O) groups excluding carboxylic acids is 1.